The lowest BCUT2D eigenvalue weighted by Crippen LogP contribution is -2.39. The number of nitrogens with two attached hydrogens (primary N) is 1. The zero-order valence-corrected chi connectivity index (χ0v) is 14.0. The van der Waals surface area contributed by atoms with Crippen molar-refractivity contribution in [2.45, 2.75) is 31.8 Å². The number of ether oxygens (including phenoxy) is 1. The van der Waals surface area contributed by atoms with Gasteiger partial charge in [-0.3, -0.25) is 4.90 Å². The van der Waals surface area contributed by atoms with Crippen LogP contribution >= 0.6 is 15.9 Å². The number of nitrogens with zero attached hydrogens (tertiary/aromatic N) is 1. The molecule has 0 aliphatic heterocycles. The summed E-state index contributed by atoms with van der Waals surface area (Å²) < 4.78 is 6.85. The molecule has 2 rings (SSSR count). The summed E-state index contributed by atoms with van der Waals surface area (Å²) in [6.07, 6.45) is 2.69. The summed E-state index contributed by atoms with van der Waals surface area (Å²) in [6.45, 7) is 4.66. The Balaban J connectivity index is 1.91. The zero-order valence-electron chi connectivity index (χ0n) is 12.4. The van der Waals surface area contributed by atoms with Crippen molar-refractivity contribution in [1.29, 1.82) is 0 Å². The molecule has 4 heteroatoms. The van der Waals surface area contributed by atoms with E-state index in [0.717, 1.165) is 30.1 Å². The first-order valence-corrected chi connectivity index (χ1v) is 8.17. The van der Waals surface area contributed by atoms with Crippen LogP contribution in [0.4, 0.5) is 0 Å². The van der Waals surface area contributed by atoms with Crippen molar-refractivity contribution in [2.24, 2.45) is 11.7 Å². The molecule has 1 aliphatic carbocycles. The first-order chi connectivity index (χ1) is 9.59. The Morgan fingerprint density at radius 2 is 2.10 bits per heavy atom. The van der Waals surface area contributed by atoms with E-state index < -0.39 is 0 Å². The maximum absolute atomic E-state index is 6.20. The summed E-state index contributed by atoms with van der Waals surface area (Å²) in [5.41, 5.74) is 7.44. The van der Waals surface area contributed by atoms with Gasteiger partial charge in [-0.15, -0.1) is 0 Å². The van der Waals surface area contributed by atoms with E-state index in [0.29, 0.717) is 0 Å². The van der Waals surface area contributed by atoms with Crippen molar-refractivity contribution in [3.05, 3.63) is 34.3 Å². The van der Waals surface area contributed by atoms with Gasteiger partial charge in [0.15, 0.2) is 0 Å². The van der Waals surface area contributed by atoms with E-state index in [1.54, 1.807) is 0 Å². The van der Waals surface area contributed by atoms with Crippen LogP contribution < -0.4 is 5.73 Å². The van der Waals surface area contributed by atoms with E-state index in [-0.39, 0.29) is 12.1 Å². The van der Waals surface area contributed by atoms with Crippen molar-refractivity contribution in [3.63, 3.8) is 0 Å². The second-order valence-electron chi connectivity index (χ2n) is 5.82. The molecule has 0 radical (unpaired) electrons. The highest BCUT2D eigenvalue weighted by molar-refractivity contribution is 9.10. The topological polar surface area (TPSA) is 38.5 Å². The molecule has 112 valence electrons. The molecule has 0 spiro atoms. The van der Waals surface area contributed by atoms with Crippen molar-refractivity contribution in [3.8, 4) is 0 Å². The molecule has 2 N–H and O–H groups in total. The van der Waals surface area contributed by atoms with Gasteiger partial charge in [-0.25, -0.2) is 0 Å². The second-order valence-corrected chi connectivity index (χ2v) is 6.68. The fourth-order valence-corrected chi connectivity index (χ4v) is 3.04. The molecule has 0 amide bonds. The van der Waals surface area contributed by atoms with Gasteiger partial charge in [-0.05, 0) is 44.4 Å². The molecule has 0 bridgehead atoms. The molecular weight excluding hydrogens is 316 g/mol. The van der Waals surface area contributed by atoms with E-state index in [2.05, 4.69) is 53.0 Å². The summed E-state index contributed by atoms with van der Waals surface area (Å²) in [7, 11) is 2.12. The third-order valence-corrected chi connectivity index (χ3v) is 4.56. The first kappa shape index (κ1) is 16.0. The van der Waals surface area contributed by atoms with Gasteiger partial charge in [0.2, 0.25) is 0 Å². The third kappa shape index (κ3) is 4.55. The molecule has 2 unspecified atom stereocenters. The van der Waals surface area contributed by atoms with Crippen LogP contribution in [0.1, 0.15) is 31.4 Å². The van der Waals surface area contributed by atoms with Gasteiger partial charge in [-0.1, -0.05) is 34.1 Å². The van der Waals surface area contributed by atoms with E-state index in [1.165, 1.54) is 18.4 Å². The van der Waals surface area contributed by atoms with E-state index >= 15 is 0 Å². The molecule has 3 nitrogen and oxygen atoms in total. The lowest BCUT2D eigenvalue weighted by Gasteiger charge is -2.32. The van der Waals surface area contributed by atoms with Crippen LogP contribution in [0, 0.1) is 5.92 Å². The first-order valence-electron chi connectivity index (χ1n) is 7.37. The Hall–Kier alpha value is -0.420. The highest BCUT2D eigenvalue weighted by atomic mass is 79.9. The summed E-state index contributed by atoms with van der Waals surface area (Å²) in [4.78, 5) is 2.29. The summed E-state index contributed by atoms with van der Waals surface area (Å²) in [5.74, 6) is 0.827. The Labute approximate surface area is 130 Å². The van der Waals surface area contributed by atoms with Gasteiger partial charge in [-0.2, -0.15) is 0 Å². The van der Waals surface area contributed by atoms with Crippen molar-refractivity contribution in [2.75, 3.05) is 26.8 Å². The van der Waals surface area contributed by atoms with Gasteiger partial charge < -0.3 is 10.5 Å². The van der Waals surface area contributed by atoms with Crippen LogP contribution in [0.3, 0.4) is 0 Å². The lowest BCUT2D eigenvalue weighted by atomic mass is 10.00. The maximum atomic E-state index is 6.20. The summed E-state index contributed by atoms with van der Waals surface area (Å²) >= 11 is 3.63. The van der Waals surface area contributed by atoms with Crippen LogP contribution in [0.15, 0.2) is 28.7 Å². The maximum Gasteiger partial charge on any atom is 0.0593 e. The number of halogens is 1. The Bertz CT molecular complexity index is 421. The van der Waals surface area contributed by atoms with Crippen LogP contribution in [0.2, 0.25) is 0 Å². The van der Waals surface area contributed by atoms with Gasteiger partial charge in [0, 0.05) is 23.7 Å². The van der Waals surface area contributed by atoms with Crippen LogP contribution in [-0.2, 0) is 4.74 Å². The quantitative estimate of drug-likeness (QED) is 0.738. The van der Waals surface area contributed by atoms with Gasteiger partial charge in [0.1, 0.15) is 0 Å². The van der Waals surface area contributed by atoms with Crippen LogP contribution in [-0.4, -0.2) is 37.7 Å². The predicted molar refractivity (Wildman–Crippen MR) is 86.7 cm³/mol. The molecular formula is C16H25BrN2O. The molecule has 1 fully saturated rings. The number of benzene rings is 1. The SMILES string of the molecule is CC(N)C(c1ccccc1Br)N(C)CCOCC1CC1. The minimum atomic E-state index is 0.0714. The third-order valence-electron chi connectivity index (χ3n) is 3.84. The normalized spacial score (nSPS) is 18.2. The van der Waals surface area contributed by atoms with Crippen molar-refractivity contribution in [1.82, 2.24) is 4.90 Å². The fourth-order valence-electron chi connectivity index (χ4n) is 2.52. The van der Waals surface area contributed by atoms with E-state index in [1.807, 2.05) is 6.07 Å². The second kappa shape index (κ2) is 7.55. The largest absolute Gasteiger partial charge is 0.380 e. The number of hydrogen-bond donors (Lipinski definition) is 1. The van der Waals surface area contributed by atoms with Crippen molar-refractivity contribution < 1.29 is 4.74 Å². The monoisotopic (exact) mass is 340 g/mol. The summed E-state index contributed by atoms with van der Waals surface area (Å²) in [5, 5.41) is 0. The number of likely N-dealkylation sites (N-methyl/N-ethyl adjacent to an activating group) is 1. The minimum absolute atomic E-state index is 0.0714. The Kier molecular flexibility index (Phi) is 6.02. The van der Waals surface area contributed by atoms with Gasteiger partial charge >= 0.3 is 0 Å². The fraction of sp³-hybridized carbons (Fsp3) is 0.625. The van der Waals surface area contributed by atoms with Gasteiger partial charge in [0.25, 0.3) is 0 Å². The van der Waals surface area contributed by atoms with E-state index in [4.69, 9.17) is 10.5 Å². The zero-order chi connectivity index (χ0) is 14.5. The molecule has 1 aromatic carbocycles. The molecule has 0 heterocycles. The highest BCUT2D eigenvalue weighted by Gasteiger charge is 2.24. The van der Waals surface area contributed by atoms with Crippen LogP contribution in [0.25, 0.3) is 0 Å². The summed E-state index contributed by atoms with van der Waals surface area (Å²) in [6, 6.07) is 8.58. The molecule has 0 saturated heterocycles. The minimum Gasteiger partial charge on any atom is -0.380 e. The number of rotatable bonds is 8. The molecule has 1 aromatic rings. The smallest absolute Gasteiger partial charge is 0.0593 e. The molecule has 20 heavy (non-hydrogen) atoms. The Morgan fingerprint density at radius 3 is 2.70 bits per heavy atom. The highest BCUT2D eigenvalue weighted by Crippen LogP contribution is 2.30. The van der Waals surface area contributed by atoms with Crippen molar-refractivity contribution >= 4 is 15.9 Å². The predicted octanol–water partition coefficient (Wildman–Crippen LogP) is 3.20. The number of hydrogen-bond acceptors (Lipinski definition) is 3. The van der Waals surface area contributed by atoms with Gasteiger partial charge in [0.05, 0.1) is 12.6 Å². The Morgan fingerprint density at radius 1 is 1.40 bits per heavy atom. The molecule has 0 aromatic heterocycles. The average Bonchev–Trinajstić information content (AvgIpc) is 3.21. The lowest BCUT2D eigenvalue weighted by molar-refractivity contribution is 0.0874. The average molecular weight is 341 g/mol. The molecule has 1 aliphatic rings. The standard InChI is InChI=1S/C16H25BrN2O/c1-12(18)16(14-5-3-4-6-15(14)17)19(2)9-10-20-11-13-7-8-13/h3-6,12-13,16H,7-11,18H2,1-2H3. The molecule has 1 saturated carbocycles. The van der Waals surface area contributed by atoms with E-state index in [9.17, 15) is 0 Å². The van der Waals surface area contributed by atoms with Crippen LogP contribution in [0.5, 0.6) is 0 Å². The molecule has 2 atom stereocenters.